The molecule has 0 saturated carbocycles. The molecule has 132 valence electrons. The second-order valence-corrected chi connectivity index (χ2v) is 6.54. The number of ether oxygens (including phenoxy) is 2. The van der Waals surface area contributed by atoms with Crippen molar-refractivity contribution in [3.63, 3.8) is 0 Å². The van der Waals surface area contributed by atoms with Crippen molar-refractivity contribution in [3.8, 4) is 11.5 Å². The summed E-state index contributed by atoms with van der Waals surface area (Å²) >= 11 is 1.45. The van der Waals surface area contributed by atoms with Crippen LogP contribution in [-0.4, -0.2) is 39.6 Å². The molecule has 2 heterocycles. The van der Waals surface area contributed by atoms with Crippen molar-refractivity contribution < 1.29 is 13.9 Å². The monoisotopic (exact) mass is 370 g/mol. The number of nitrogens with one attached hydrogen (secondary N) is 1. The molecule has 0 fully saturated rings. The van der Waals surface area contributed by atoms with Crippen molar-refractivity contribution in [1.82, 2.24) is 20.2 Å². The Hall–Kier alpha value is -2.87. The third kappa shape index (κ3) is 3.41. The van der Waals surface area contributed by atoms with Crippen LogP contribution in [0.5, 0.6) is 11.5 Å². The molecular formula is C18H15FN4O2S. The first-order valence-electron chi connectivity index (χ1n) is 7.94. The molecule has 2 aromatic carbocycles. The predicted octanol–water partition coefficient (Wildman–Crippen LogP) is 3.82. The molecule has 4 rings (SSSR count). The quantitative estimate of drug-likeness (QED) is 0.411. The lowest BCUT2D eigenvalue weighted by Gasteiger charge is -2.06. The van der Waals surface area contributed by atoms with Crippen molar-refractivity contribution in [3.05, 3.63) is 48.3 Å². The highest BCUT2D eigenvalue weighted by Gasteiger charge is 2.10. The van der Waals surface area contributed by atoms with Gasteiger partial charge in [0.2, 0.25) is 5.16 Å². The van der Waals surface area contributed by atoms with Gasteiger partial charge >= 0.3 is 0 Å². The zero-order valence-corrected chi connectivity index (χ0v) is 14.7. The molecule has 6 nitrogen and oxygen atoms in total. The second-order valence-electron chi connectivity index (χ2n) is 5.48. The van der Waals surface area contributed by atoms with Gasteiger partial charge in [-0.1, -0.05) is 11.8 Å². The fourth-order valence-corrected chi connectivity index (χ4v) is 3.16. The molecule has 4 aromatic rings. The molecule has 0 saturated heterocycles. The molecule has 0 radical (unpaired) electrons. The lowest BCUT2D eigenvalue weighted by molar-refractivity contribution is 0.342. The molecule has 0 unspecified atom stereocenters. The summed E-state index contributed by atoms with van der Waals surface area (Å²) in [5, 5.41) is 9.52. The van der Waals surface area contributed by atoms with Crippen LogP contribution >= 0.6 is 11.8 Å². The Morgan fingerprint density at radius 1 is 1.08 bits per heavy atom. The van der Waals surface area contributed by atoms with Crippen molar-refractivity contribution in [2.24, 2.45) is 0 Å². The summed E-state index contributed by atoms with van der Waals surface area (Å²) in [4.78, 5) is 7.58. The first kappa shape index (κ1) is 16.6. The van der Waals surface area contributed by atoms with E-state index in [-0.39, 0.29) is 5.82 Å². The standard InChI is InChI=1S/C18H15FN4O2S/c1-24-12-3-5-13(6-4-12)25-8-9-26-18-21-17-16(22-23-18)14-10-11(19)2-7-15(14)20-17/h2-7,10H,8-9H2,1H3,(H,20,21,23). The van der Waals surface area contributed by atoms with E-state index in [9.17, 15) is 4.39 Å². The van der Waals surface area contributed by atoms with Crippen molar-refractivity contribution in [2.45, 2.75) is 5.16 Å². The van der Waals surface area contributed by atoms with Crippen molar-refractivity contribution in [2.75, 3.05) is 19.5 Å². The van der Waals surface area contributed by atoms with Gasteiger partial charge in [-0.15, -0.1) is 10.2 Å². The molecule has 0 aliphatic heterocycles. The van der Waals surface area contributed by atoms with Crippen molar-refractivity contribution in [1.29, 1.82) is 0 Å². The van der Waals surface area contributed by atoms with E-state index in [2.05, 4.69) is 20.2 Å². The minimum Gasteiger partial charge on any atom is -0.497 e. The van der Waals surface area contributed by atoms with Crippen LogP contribution in [0.3, 0.4) is 0 Å². The highest BCUT2D eigenvalue weighted by Crippen LogP contribution is 2.24. The molecule has 8 heteroatoms. The number of H-pyrrole nitrogens is 1. The number of methoxy groups -OCH3 is 1. The first-order valence-corrected chi connectivity index (χ1v) is 8.93. The van der Waals surface area contributed by atoms with Gasteiger partial charge in [-0.3, -0.25) is 0 Å². The molecular weight excluding hydrogens is 355 g/mol. The number of aromatic amines is 1. The Kier molecular flexibility index (Phi) is 4.57. The molecule has 1 N–H and O–H groups in total. The van der Waals surface area contributed by atoms with E-state index < -0.39 is 0 Å². The maximum absolute atomic E-state index is 13.4. The minimum absolute atomic E-state index is 0.311. The maximum atomic E-state index is 13.4. The first-order chi connectivity index (χ1) is 12.7. The Bertz CT molecular complexity index is 1050. The van der Waals surface area contributed by atoms with Gasteiger partial charge in [-0.2, -0.15) is 0 Å². The summed E-state index contributed by atoms with van der Waals surface area (Å²) < 4.78 is 24.2. The van der Waals surface area contributed by atoms with Gasteiger partial charge in [-0.25, -0.2) is 9.37 Å². The summed E-state index contributed by atoms with van der Waals surface area (Å²) in [6.07, 6.45) is 0. The second kappa shape index (κ2) is 7.17. The average Bonchev–Trinajstić information content (AvgIpc) is 3.02. The summed E-state index contributed by atoms with van der Waals surface area (Å²) in [6, 6.07) is 11.9. The molecule has 0 spiro atoms. The van der Waals surface area contributed by atoms with Crippen LogP contribution in [0.1, 0.15) is 0 Å². The SMILES string of the molecule is COc1ccc(OCCSc2nnc3c(n2)[nH]c2ccc(F)cc23)cc1. The van der Waals surface area contributed by atoms with Crippen LogP contribution in [0.15, 0.2) is 47.6 Å². The summed E-state index contributed by atoms with van der Waals surface area (Å²) in [7, 11) is 1.63. The van der Waals surface area contributed by atoms with Gasteiger partial charge in [0.05, 0.1) is 13.7 Å². The molecule has 26 heavy (non-hydrogen) atoms. The van der Waals surface area contributed by atoms with Gasteiger partial charge in [0.1, 0.15) is 22.8 Å². The van der Waals surface area contributed by atoms with E-state index in [0.717, 1.165) is 17.0 Å². The zero-order valence-electron chi connectivity index (χ0n) is 13.9. The zero-order chi connectivity index (χ0) is 17.9. The van der Waals surface area contributed by atoms with Crippen LogP contribution in [-0.2, 0) is 0 Å². The number of nitrogens with zero attached hydrogens (tertiary/aromatic N) is 3. The van der Waals surface area contributed by atoms with E-state index in [1.807, 2.05) is 24.3 Å². The molecule has 0 atom stereocenters. The third-order valence-corrected chi connectivity index (χ3v) is 4.60. The summed E-state index contributed by atoms with van der Waals surface area (Å²) in [5.74, 6) is 1.93. The van der Waals surface area contributed by atoms with Gasteiger partial charge in [0.15, 0.2) is 5.65 Å². The molecule has 0 amide bonds. The Labute approximate surface area is 152 Å². The molecule has 0 bridgehead atoms. The fraction of sp³-hybridized carbons (Fsp3) is 0.167. The normalized spacial score (nSPS) is 11.2. The number of rotatable bonds is 6. The minimum atomic E-state index is -0.311. The topological polar surface area (TPSA) is 72.9 Å². The number of halogens is 1. The van der Waals surface area contributed by atoms with Crippen molar-refractivity contribution >= 4 is 33.8 Å². The van der Waals surface area contributed by atoms with E-state index >= 15 is 0 Å². The number of benzene rings is 2. The molecule has 0 aliphatic rings. The van der Waals surface area contributed by atoms with Gasteiger partial charge in [-0.05, 0) is 42.5 Å². The van der Waals surface area contributed by atoms with Gasteiger partial charge in [0, 0.05) is 16.7 Å². The lowest BCUT2D eigenvalue weighted by atomic mass is 10.2. The summed E-state index contributed by atoms with van der Waals surface area (Å²) in [5.41, 5.74) is 1.95. The van der Waals surface area contributed by atoms with Crippen LogP contribution in [0.25, 0.3) is 22.1 Å². The van der Waals surface area contributed by atoms with Gasteiger partial charge < -0.3 is 14.5 Å². The smallest absolute Gasteiger partial charge is 0.211 e. The number of thioether (sulfide) groups is 1. The fourth-order valence-electron chi connectivity index (χ4n) is 2.55. The molecule has 2 aromatic heterocycles. The molecule has 0 aliphatic carbocycles. The number of hydrogen-bond acceptors (Lipinski definition) is 6. The number of fused-ring (bicyclic) bond motifs is 3. The largest absolute Gasteiger partial charge is 0.497 e. The number of hydrogen-bond donors (Lipinski definition) is 1. The van der Waals surface area contributed by atoms with Crippen LogP contribution in [0, 0.1) is 5.82 Å². The predicted molar refractivity (Wildman–Crippen MR) is 98.4 cm³/mol. The highest BCUT2D eigenvalue weighted by molar-refractivity contribution is 7.99. The maximum Gasteiger partial charge on any atom is 0.211 e. The lowest BCUT2D eigenvalue weighted by Crippen LogP contribution is -2.01. The van der Waals surface area contributed by atoms with Crippen LogP contribution in [0.4, 0.5) is 4.39 Å². The van der Waals surface area contributed by atoms with E-state index in [1.54, 1.807) is 13.2 Å². The van der Waals surface area contributed by atoms with E-state index in [4.69, 9.17) is 9.47 Å². The van der Waals surface area contributed by atoms with E-state index in [1.165, 1.54) is 23.9 Å². The highest BCUT2D eigenvalue weighted by atomic mass is 32.2. The third-order valence-electron chi connectivity index (χ3n) is 3.80. The van der Waals surface area contributed by atoms with Gasteiger partial charge in [0.25, 0.3) is 0 Å². The number of aromatic nitrogens is 4. The Balaban J connectivity index is 1.40. The average molecular weight is 370 g/mol. The Morgan fingerprint density at radius 3 is 2.69 bits per heavy atom. The van der Waals surface area contributed by atoms with E-state index in [0.29, 0.717) is 34.1 Å². The van der Waals surface area contributed by atoms with Crippen LogP contribution in [0.2, 0.25) is 0 Å². The van der Waals surface area contributed by atoms with Crippen LogP contribution < -0.4 is 9.47 Å². The Morgan fingerprint density at radius 2 is 1.88 bits per heavy atom. The summed E-state index contributed by atoms with van der Waals surface area (Å²) in [6.45, 7) is 0.510.